The summed E-state index contributed by atoms with van der Waals surface area (Å²) in [5.74, 6) is -0.404. The molecule has 1 N–H and O–H groups in total. The predicted octanol–water partition coefficient (Wildman–Crippen LogP) is 4.56. The second kappa shape index (κ2) is 9.09. The Hall–Kier alpha value is -2.55. The van der Waals surface area contributed by atoms with Crippen molar-refractivity contribution in [1.82, 2.24) is 10.2 Å². The first-order valence-electron chi connectivity index (χ1n) is 7.86. The molecule has 0 aliphatic carbocycles. The number of benzene rings is 2. The van der Waals surface area contributed by atoms with Crippen LogP contribution in [0, 0.1) is 0 Å². The maximum absolute atomic E-state index is 12.1. The molecule has 3 aromatic rings. The lowest BCUT2D eigenvalue weighted by Crippen LogP contribution is -2.14. The van der Waals surface area contributed by atoms with Crippen molar-refractivity contribution < 1.29 is 18.7 Å². The van der Waals surface area contributed by atoms with E-state index in [1.807, 2.05) is 0 Å². The minimum atomic E-state index is -0.443. The van der Waals surface area contributed by atoms with Crippen molar-refractivity contribution in [2.75, 3.05) is 18.2 Å². The number of hydrogen-bond acceptors (Lipinski definition) is 7. The van der Waals surface area contributed by atoms with Crippen LogP contribution in [0.3, 0.4) is 0 Å². The highest BCUT2D eigenvalue weighted by molar-refractivity contribution is 7.99. The number of nitrogens with one attached hydrogen (secondary N) is 1. The fourth-order valence-corrected chi connectivity index (χ4v) is 3.22. The Morgan fingerprint density at radius 1 is 1.14 bits per heavy atom. The summed E-state index contributed by atoms with van der Waals surface area (Å²) in [4.78, 5) is 23.5. The molecule has 0 radical (unpaired) electrons. The largest absolute Gasteiger partial charge is 0.465 e. The van der Waals surface area contributed by atoms with E-state index in [9.17, 15) is 9.59 Å². The highest BCUT2D eigenvalue weighted by atomic mass is 35.5. The van der Waals surface area contributed by atoms with Crippen LogP contribution in [0.4, 0.5) is 5.69 Å². The van der Waals surface area contributed by atoms with E-state index >= 15 is 0 Å². The number of carbonyl (C=O) groups is 2. The first-order chi connectivity index (χ1) is 13.5. The Balaban J connectivity index is 1.56. The average molecular weight is 438 g/mol. The summed E-state index contributed by atoms with van der Waals surface area (Å²) in [6.07, 6.45) is 0. The van der Waals surface area contributed by atoms with Crippen LogP contribution in [0.1, 0.15) is 10.4 Å². The number of ether oxygens (including phenoxy) is 1. The first kappa shape index (κ1) is 20.2. The smallest absolute Gasteiger partial charge is 0.337 e. The van der Waals surface area contributed by atoms with Crippen molar-refractivity contribution in [3.63, 3.8) is 0 Å². The number of halogens is 2. The zero-order chi connectivity index (χ0) is 20.1. The molecule has 7 nitrogen and oxygen atoms in total. The number of aromatic nitrogens is 2. The van der Waals surface area contributed by atoms with Crippen LogP contribution in [-0.2, 0) is 9.53 Å². The van der Waals surface area contributed by atoms with E-state index in [0.717, 1.165) is 11.8 Å². The summed E-state index contributed by atoms with van der Waals surface area (Å²) in [7, 11) is 1.30. The van der Waals surface area contributed by atoms with Crippen molar-refractivity contribution in [3.8, 4) is 11.5 Å². The second-order valence-electron chi connectivity index (χ2n) is 5.40. The molecule has 0 unspecified atom stereocenters. The van der Waals surface area contributed by atoms with Crippen molar-refractivity contribution in [3.05, 3.63) is 58.1 Å². The summed E-state index contributed by atoms with van der Waals surface area (Å²) < 4.78 is 10.2. The number of anilines is 1. The highest BCUT2D eigenvalue weighted by Crippen LogP contribution is 2.31. The van der Waals surface area contributed by atoms with Gasteiger partial charge in [-0.05, 0) is 42.5 Å². The van der Waals surface area contributed by atoms with E-state index < -0.39 is 5.97 Å². The number of esters is 1. The topological polar surface area (TPSA) is 94.3 Å². The predicted molar refractivity (Wildman–Crippen MR) is 107 cm³/mol. The van der Waals surface area contributed by atoms with E-state index in [-0.39, 0.29) is 22.8 Å². The molecule has 0 saturated carbocycles. The van der Waals surface area contributed by atoms with Gasteiger partial charge in [-0.1, -0.05) is 35.0 Å². The third-order valence-electron chi connectivity index (χ3n) is 3.48. The van der Waals surface area contributed by atoms with E-state index in [4.69, 9.17) is 27.6 Å². The van der Waals surface area contributed by atoms with Gasteiger partial charge < -0.3 is 14.5 Å². The molecule has 0 aliphatic rings. The monoisotopic (exact) mass is 437 g/mol. The Morgan fingerprint density at radius 2 is 1.89 bits per heavy atom. The molecule has 0 spiro atoms. The Kier molecular flexibility index (Phi) is 6.56. The van der Waals surface area contributed by atoms with Gasteiger partial charge >= 0.3 is 5.97 Å². The van der Waals surface area contributed by atoms with Gasteiger partial charge in [0.05, 0.1) is 29.0 Å². The summed E-state index contributed by atoms with van der Waals surface area (Å²) >= 11 is 13.1. The summed E-state index contributed by atoms with van der Waals surface area (Å²) in [5.41, 5.74) is 1.51. The van der Waals surface area contributed by atoms with Crippen LogP contribution in [0.5, 0.6) is 0 Å². The van der Waals surface area contributed by atoms with Gasteiger partial charge in [-0.2, -0.15) is 0 Å². The minimum Gasteiger partial charge on any atom is -0.465 e. The van der Waals surface area contributed by atoms with Gasteiger partial charge in [0, 0.05) is 10.7 Å². The Morgan fingerprint density at radius 3 is 2.57 bits per heavy atom. The standard InChI is InChI=1S/C18H13Cl2N3O4S/c1-26-17(25)10-2-5-12(6-3-10)21-15(24)9-28-18-23-22-16(27-18)13-7-4-11(19)8-14(13)20/h2-8H,9H2,1H3,(H,21,24). The summed E-state index contributed by atoms with van der Waals surface area (Å²) in [6.45, 7) is 0. The fraction of sp³-hybridized carbons (Fsp3) is 0.111. The first-order valence-corrected chi connectivity index (χ1v) is 9.60. The van der Waals surface area contributed by atoms with Gasteiger partial charge in [0.2, 0.25) is 11.8 Å². The quantitative estimate of drug-likeness (QED) is 0.445. The summed E-state index contributed by atoms with van der Waals surface area (Å²) in [6, 6.07) is 11.3. The molecular formula is C18H13Cl2N3O4S. The molecule has 0 atom stereocenters. The number of amides is 1. The Bertz CT molecular complexity index is 1010. The molecule has 0 saturated heterocycles. The maximum Gasteiger partial charge on any atom is 0.337 e. The zero-order valence-electron chi connectivity index (χ0n) is 14.4. The van der Waals surface area contributed by atoms with Gasteiger partial charge in [0.15, 0.2) is 0 Å². The third kappa shape index (κ3) is 5.03. The SMILES string of the molecule is COC(=O)c1ccc(NC(=O)CSc2nnc(-c3ccc(Cl)cc3Cl)o2)cc1. The van der Waals surface area contributed by atoms with Crippen LogP contribution < -0.4 is 5.32 Å². The molecule has 3 rings (SSSR count). The lowest BCUT2D eigenvalue weighted by Gasteiger charge is -2.05. The Labute approximate surface area is 174 Å². The normalized spacial score (nSPS) is 10.5. The second-order valence-corrected chi connectivity index (χ2v) is 7.17. The molecule has 1 aromatic heterocycles. The lowest BCUT2D eigenvalue weighted by atomic mass is 10.2. The molecule has 0 aliphatic heterocycles. The number of thioether (sulfide) groups is 1. The van der Waals surface area contributed by atoms with Crippen LogP contribution in [0.15, 0.2) is 52.1 Å². The molecule has 10 heteroatoms. The third-order valence-corrected chi connectivity index (χ3v) is 4.85. The van der Waals surface area contributed by atoms with Gasteiger partial charge in [0.25, 0.3) is 5.22 Å². The molecule has 2 aromatic carbocycles. The zero-order valence-corrected chi connectivity index (χ0v) is 16.8. The molecule has 0 bridgehead atoms. The van der Waals surface area contributed by atoms with Gasteiger partial charge in [0.1, 0.15) is 0 Å². The van der Waals surface area contributed by atoms with E-state index in [1.165, 1.54) is 7.11 Å². The number of hydrogen-bond donors (Lipinski definition) is 1. The van der Waals surface area contributed by atoms with Gasteiger partial charge in [-0.3, -0.25) is 4.79 Å². The number of methoxy groups -OCH3 is 1. The van der Waals surface area contributed by atoms with Crippen LogP contribution in [0.2, 0.25) is 10.0 Å². The summed E-state index contributed by atoms with van der Waals surface area (Å²) in [5, 5.41) is 11.7. The van der Waals surface area contributed by atoms with Crippen molar-refractivity contribution in [1.29, 1.82) is 0 Å². The van der Waals surface area contributed by atoms with E-state index in [1.54, 1.807) is 42.5 Å². The molecule has 1 heterocycles. The van der Waals surface area contributed by atoms with E-state index in [2.05, 4.69) is 20.3 Å². The van der Waals surface area contributed by atoms with E-state index in [0.29, 0.717) is 26.9 Å². The highest BCUT2D eigenvalue weighted by Gasteiger charge is 2.14. The number of nitrogens with zero attached hydrogens (tertiary/aromatic N) is 2. The number of rotatable bonds is 6. The van der Waals surface area contributed by atoms with Gasteiger partial charge in [-0.25, -0.2) is 4.79 Å². The lowest BCUT2D eigenvalue weighted by molar-refractivity contribution is -0.113. The average Bonchev–Trinajstić information content (AvgIpc) is 3.15. The number of carbonyl (C=O) groups excluding carboxylic acids is 2. The van der Waals surface area contributed by atoms with Crippen molar-refractivity contribution >= 4 is 52.5 Å². The molecule has 1 amide bonds. The fourth-order valence-electron chi connectivity index (χ4n) is 2.17. The van der Waals surface area contributed by atoms with Crippen molar-refractivity contribution in [2.24, 2.45) is 0 Å². The molecular weight excluding hydrogens is 425 g/mol. The maximum atomic E-state index is 12.1. The van der Waals surface area contributed by atoms with Crippen molar-refractivity contribution in [2.45, 2.75) is 5.22 Å². The van der Waals surface area contributed by atoms with Crippen LogP contribution in [-0.4, -0.2) is 34.9 Å². The van der Waals surface area contributed by atoms with Crippen LogP contribution >= 0.6 is 35.0 Å². The molecule has 0 fully saturated rings. The molecule has 144 valence electrons. The van der Waals surface area contributed by atoms with Gasteiger partial charge in [-0.15, -0.1) is 10.2 Å². The minimum absolute atomic E-state index is 0.0642. The van der Waals surface area contributed by atoms with Crippen LogP contribution in [0.25, 0.3) is 11.5 Å². The molecule has 28 heavy (non-hydrogen) atoms.